The fourth-order valence-electron chi connectivity index (χ4n) is 2.88. The van der Waals surface area contributed by atoms with Crippen LogP contribution in [0.2, 0.25) is 5.02 Å². The number of carbonyl (C=O) groups is 2. The molecule has 0 radical (unpaired) electrons. The van der Waals surface area contributed by atoms with Gasteiger partial charge in [0.25, 0.3) is 5.91 Å². The summed E-state index contributed by atoms with van der Waals surface area (Å²) in [6.07, 6.45) is 1.44. The number of hydrogen-bond donors (Lipinski definition) is 0. The van der Waals surface area contributed by atoms with Crippen LogP contribution in [-0.2, 0) is 4.79 Å². The molecule has 2 saturated heterocycles. The van der Waals surface area contributed by atoms with Gasteiger partial charge < -0.3 is 9.80 Å². The molecule has 2 heterocycles. The highest BCUT2D eigenvalue weighted by Crippen LogP contribution is 2.26. The molecule has 3 rings (SSSR count). The molecule has 2 aliphatic rings. The van der Waals surface area contributed by atoms with E-state index in [2.05, 4.69) is 15.9 Å². The molecule has 0 N–H and O–H groups in total. The first-order valence-corrected chi connectivity index (χ1v) is 7.77. The van der Waals surface area contributed by atoms with Crippen LogP contribution in [0.3, 0.4) is 0 Å². The van der Waals surface area contributed by atoms with Gasteiger partial charge in [-0.05, 0) is 24.6 Å². The third-order valence-electron chi connectivity index (χ3n) is 3.94. The highest BCUT2D eigenvalue weighted by Gasteiger charge is 2.37. The molecule has 2 aliphatic heterocycles. The van der Waals surface area contributed by atoms with Gasteiger partial charge in [-0.15, -0.1) is 0 Å². The number of carbonyl (C=O) groups excluding carboxylic acids is 2. The Kier molecular flexibility index (Phi) is 3.73. The van der Waals surface area contributed by atoms with Crippen molar-refractivity contribution in [2.75, 3.05) is 19.6 Å². The molecule has 0 aromatic heterocycles. The zero-order chi connectivity index (χ0) is 14.3. The lowest BCUT2D eigenvalue weighted by atomic mass is 10.1. The first kappa shape index (κ1) is 13.9. The van der Waals surface area contributed by atoms with Crippen LogP contribution >= 0.6 is 27.5 Å². The van der Waals surface area contributed by atoms with Crippen molar-refractivity contribution < 1.29 is 9.59 Å². The highest BCUT2D eigenvalue weighted by molar-refractivity contribution is 9.10. The van der Waals surface area contributed by atoms with Crippen molar-refractivity contribution in [3.63, 3.8) is 0 Å². The molecule has 0 bridgehead atoms. The summed E-state index contributed by atoms with van der Waals surface area (Å²) in [4.78, 5) is 27.9. The van der Waals surface area contributed by atoms with Crippen LogP contribution in [0.25, 0.3) is 0 Å². The lowest BCUT2D eigenvalue weighted by Gasteiger charge is -2.37. The van der Waals surface area contributed by atoms with Crippen molar-refractivity contribution in [1.82, 2.24) is 9.80 Å². The van der Waals surface area contributed by atoms with Crippen LogP contribution in [0.4, 0.5) is 0 Å². The quantitative estimate of drug-likeness (QED) is 0.775. The molecular weight excluding hydrogens is 344 g/mol. The van der Waals surface area contributed by atoms with Crippen molar-refractivity contribution >= 4 is 39.3 Å². The van der Waals surface area contributed by atoms with Crippen LogP contribution in [0, 0.1) is 0 Å². The number of rotatable bonds is 1. The summed E-state index contributed by atoms with van der Waals surface area (Å²) < 4.78 is 0.833. The Morgan fingerprint density at radius 3 is 2.95 bits per heavy atom. The smallest absolute Gasteiger partial charge is 0.255 e. The molecule has 2 fully saturated rings. The van der Waals surface area contributed by atoms with Gasteiger partial charge in [-0.2, -0.15) is 0 Å². The maximum absolute atomic E-state index is 12.6. The molecule has 4 nitrogen and oxygen atoms in total. The molecule has 0 saturated carbocycles. The molecule has 20 heavy (non-hydrogen) atoms. The zero-order valence-corrected chi connectivity index (χ0v) is 13.2. The maximum atomic E-state index is 12.6. The van der Waals surface area contributed by atoms with Gasteiger partial charge in [0.2, 0.25) is 5.91 Å². The molecule has 6 heteroatoms. The third kappa shape index (κ3) is 2.44. The van der Waals surface area contributed by atoms with Crippen molar-refractivity contribution in [1.29, 1.82) is 0 Å². The number of halogens is 2. The lowest BCUT2D eigenvalue weighted by Crippen LogP contribution is -2.53. The van der Waals surface area contributed by atoms with E-state index >= 15 is 0 Å². The average molecular weight is 358 g/mol. The third-order valence-corrected chi connectivity index (χ3v) is 4.76. The summed E-state index contributed by atoms with van der Waals surface area (Å²) >= 11 is 9.47. The molecule has 2 amide bonds. The Labute approximate surface area is 130 Å². The zero-order valence-electron chi connectivity index (χ0n) is 10.8. The Hall–Kier alpha value is -1.07. The summed E-state index contributed by atoms with van der Waals surface area (Å²) in [5.74, 6) is 0.151. The number of nitrogens with zero attached hydrogens (tertiary/aromatic N) is 2. The van der Waals surface area contributed by atoms with E-state index in [4.69, 9.17) is 11.6 Å². The van der Waals surface area contributed by atoms with Gasteiger partial charge in [0, 0.05) is 36.6 Å². The summed E-state index contributed by atoms with van der Waals surface area (Å²) in [6, 6.07) is 5.45. The number of fused-ring (bicyclic) bond motifs is 1. The summed E-state index contributed by atoms with van der Waals surface area (Å²) in [5.41, 5.74) is 0.513. The summed E-state index contributed by atoms with van der Waals surface area (Å²) in [7, 11) is 0. The van der Waals surface area contributed by atoms with E-state index in [-0.39, 0.29) is 17.9 Å². The SMILES string of the molecule is O=C(c1cc(Br)ccc1Cl)N1CCN2C(=O)CCC2C1. The molecule has 106 valence electrons. The molecular formula is C14H14BrClN2O2. The Balaban J connectivity index is 1.78. The van der Waals surface area contributed by atoms with E-state index < -0.39 is 0 Å². The van der Waals surface area contributed by atoms with Crippen LogP contribution in [-0.4, -0.2) is 47.3 Å². The molecule has 1 atom stereocenters. The van der Waals surface area contributed by atoms with Gasteiger partial charge in [-0.3, -0.25) is 9.59 Å². The summed E-state index contributed by atoms with van der Waals surface area (Å²) in [5, 5.41) is 0.461. The second kappa shape index (κ2) is 5.37. The van der Waals surface area contributed by atoms with Gasteiger partial charge in [-0.25, -0.2) is 0 Å². The molecule has 1 aromatic rings. The van der Waals surface area contributed by atoms with E-state index in [0.29, 0.717) is 36.6 Å². The molecule has 0 aliphatic carbocycles. The van der Waals surface area contributed by atoms with Gasteiger partial charge in [-0.1, -0.05) is 27.5 Å². The van der Waals surface area contributed by atoms with Gasteiger partial charge in [0.1, 0.15) is 0 Å². The minimum atomic E-state index is -0.0599. The van der Waals surface area contributed by atoms with E-state index in [1.807, 2.05) is 11.0 Å². The van der Waals surface area contributed by atoms with Crippen molar-refractivity contribution in [2.24, 2.45) is 0 Å². The minimum absolute atomic E-state index is 0.0599. The van der Waals surface area contributed by atoms with Gasteiger partial charge in [0.05, 0.1) is 10.6 Å². The van der Waals surface area contributed by atoms with E-state index in [9.17, 15) is 9.59 Å². The number of benzene rings is 1. The van der Waals surface area contributed by atoms with E-state index in [0.717, 1.165) is 10.9 Å². The van der Waals surface area contributed by atoms with Gasteiger partial charge >= 0.3 is 0 Å². The van der Waals surface area contributed by atoms with Crippen LogP contribution < -0.4 is 0 Å². The average Bonchev–Trinajstić information content (AvgIpc) is 2.82. The predicted molar refractivity (Wildman–Crippen MR) is 79.8 cm³/mol. The lowest BCUT2D eigenvalue weighted by molar-refractivity contribution is -0.130. The van der Waals surface area contributed by atoms with Crippen molar-refractivity contribution in [2.45, 2.75) is 18.9 Å². The standard InChI is InChI=1S/C14H14BrClN2O2/c15-9-1-3-12(16)11(7-9)14(20)17-5-6-18-10(8-17)2-4-13(18)19/h1,3,7,10H,2,4-6,8H2. The predicted octanol–water partition coefficient (Wildman–Crippen LogP) is 2.55. The fraction of sp³-hybridized carbons (Fsp3) is 0.429. The van der Waals surface area contributed by atoms with Crippen LogP contribution in [0.15, 0.2) is 22.7 Å². The molecule has 0 spiro atoms. The number of amides is 2. The van der Waals surface area contributed by atoms with Gasteiger partial charge in [0.15, 0.2) is 0 Å². The number of piperazine rings is 1. The fourth-order valence-corrected chi connectivity index (χ4v) is 3.44. The first-order chi connectivity index (χ1) is 9.56. The van der Waals surface area contributed by atoms with Crippen LogP contribution in [0.5, 0.6) is 0 Å². The normalized spacial score (nSPS) is 22.1. The first-order valence-electron chi connectivity index (χ1n) is 6.60. The Morgan fingerprint density at radius 1 is 1.35 bits per heavy atom. The molecule has 1 unspecified atom stereocenters. The summed E-state index contributed by atoms with van der Waals surface area (Å²) in [6.45, 7) is 1.80. The van der Waals surface area contributed by atoms with Crippen LogP contribution in [0.1, 0.15) is 23.2 Å². The second-order valence-electron chi connectivity index (χ2n) is 5.15. The van der Waals surface area contributed by atoms with E-state index in [1.54, 1.807) is 17.0 Å². The highest BCUT2D eigenvalue weighted by atomic mass is 79.9. The topological polar surface area (TPSA) is 40.6 Å². The Morgan fingerprint density at radius 2 is 2.15 bits per heavy atom. The monoisotopic (exact) mass is 356 g/mol. The minimum Gasteiger partial charge on any atom is -0.336 e. The second-order valence-corrected chi connectivity index (χ2v) is 6.48. The maximum Gasteiger partial charge on any atom is 0.255 e. The molecule has 1 aromatic carbocycles. The van der Waals surface area contributed by atoms with E-state index in [1.165, 1.54) is 0 Å². The largest absolute Gasteiger partial charge is 0.336 e. The van der Waals surface area contributed by atoms with Crippen molar-refractivity contribution in [3.05, 3.63) is 33.3 Å². The van der Waals surface area contributed by atoms with Crippen molar-refractivity contribution in [3.8, 4) is 0 Å². The Bertz CT molecular complexity index is 578. The number of hydrogen-bond acceptors (Lipinski definition) is 2.